The third-order valence-electron chi connectivity index (χ3n) is 22.0. The number of amides is 3. The molecule has 3 aromatic heterocycles. The minimum absolute atomic E-state index is 0.0905. The minimum Gasteiger partial charge on any atom is -0.348 e. The van der Waals surface area contributed by atoms with Crippen molar-refractivity contribution < 1.29 is 27.6 Å². The quantitative estimate of drug-likeness (QED) is 0.0873. The van der Waals surface area contributed by atoms with Crippen molar-refractivity contribution in [3.63, 3.8) is 0 Å². The predicted molar refractivity (Wildman–Crippen MR) is 446 cm³/mol. The molecule has 12 nitrogen and oxygen atoms in total. The van der Waals surface area contributed by atoms with Gasteiger partial charge in [0.15, 0.2) is 17.1 Å². The monoisotopic (exact) mass is 1610 g/mol. The molecule has 15 rings (SSSR count). The van der Waals surface area contributed by atoms with Gasteiger partial charge in [0, 0.05) is 43.8 Å². The number of halogens is 9. The lowest BCUT2D eigenvalue weighted by atomic mass is 9.84. The first-order valence-corrected chi connectivity index (χ1v) is 41.1. The van der Waals surface area contributed by atoms with Crippen molar-refractivity contribution in [3.8, 4) is 17.1 Å². The average Bonchev–Trinajstić information content (AvgIpc) is 1.63. The standard InChI is InChI=1S/2C30H32Cl2FN3O.C30H26Cl2FN3O/c3*1-19(21-7-3-2-4-8-21)34-30(37)28-25-10-6-5-9-22(17-20-11-14-24(33)15-12-20)29(25)36(35-28)27-16-13-23(31)18-26(27)32/h2*11-19,21H,2-10H2,1H3,(H,34,37);2-4,7-8,11-19H,5-6,9-10H2,1H3,(H,34,37)/b3*22-17+/t3*19-/m101/s1. The molecular formula is C90H90Cl6F3N9O3. The van der Waals surface area contributed by atoms with E-state index in [1.54, 1.807) is 86.8 Å². The van der Waals surface area contributed by atoms with Crippen molar-refractivity contribution in [1.82, 2.24) is 45.3 Å². The van der Waals surface area contributed by atoms with Gasteiger partial charge in [0.05, 0.1) is 55.3 Å². The third-order valence-corrected chi connectivity index (χ3v) is 23.6. The zero-order valence-corrected chi connectivity index (χ0v) is 67.0. The first kappa shape index (κ1) is 80.4. The summed E-state index contributed by atoms with van der Waals surface area (Å²) >= 11 is 38.5. The summed E-state index contributed by atoms with van der Waals surface area (Å²) < 4.78 is 46.0. The molecule has 576 valence electrons. The molecule has 21 heteroatoms. The Bertz CT molecular complexity index is 4880. The lowest BCUT2D eigenvalue weighted by molar-refractivity contribution is 0.0904. The van der Waals surface area contributed by atoms with Crippen LogP contribution in [0.15, 0.2) is 158 Å². The van der Waals surface area contributed by atoms with Crippen molar-refractivity contribution in [3.05, 3.63) is 278 Å². The van der Waals surface area contributed by atoms with Crippen molar-refractivity contribution >= 4 is 122 Å². The molecule has 3 heterocycles. The molecule has 0 bridgehead atoms. The maximum absolute atomic E-state index is 13.7. The van der Waals surface area contributed by atoms with Crippen molar-refractivity contribution in [2.75, 3.05) is 0 Å². The van der Waals surface area contributed by atoms with Crippen LogP contribution in [0.3, 0.4) is 0 Å². The number of aromatic nitrogens is 6. The molecule has 0 saturated heterocycles. The number of rotatable bonds is 15. The van der Waals surface area contributed by atoms with Gasteiger partial charge in [0.1, 0.15) is 17.5 Å². The van der Waals surface area contributed by atoms with E-state index in [9.17, 15) is 27.6 Å². The van der Waals surface area contributed by atoms with Gasteiger partial charge in [-0.2, -0.15) is 15.3 Å². The number of benzene rings is 7. The van der Waals surface area contributed by atoms with Crippen LogP contribution in [0.1, 0.15) is 236 Å². The van der Waals surface area contributed by atoms with E-state index in [0.29, 0.717) is 82.5 Å². The molecule has 3 amide bonds. The number of hydrogen-bond acceptors (Lipinski definition) is 6. The fraction of sp³-hybridized carbons (Fsp3) is 0.333. The van der Waals surface area contributed by atoms with Gasteiger partial charge in [-0.25, -0.2) is 27.2 Å². The number of carbonyl (C=O) groups is 3. The predicted octanol–water partition coefficient (Wildman–Crippen LogP) is 24.6. The van der Waals surface area contributed by atoms with Crippen LogP contribution in [0.5, 0.6) is 0 Å². The van der Waals surface area contributed by atoms with E-state index in [0.717, 1.165) is 169 Å². The Labute approximate surface area is 677 Å². The molecule has 0 aliphatic heterocycles. The third kappa shape index (κ3) is 19.7. The highest BCUT2D eigenvalue weighted by Crippen LogP contribution is 2.42. The van der Waals surface area contributed by atoms with E-state index in [-0.39, 0.29) is 53.3 Å². The zero-order valence-electron chi connectivity index (χ0n) is 62.5. The van der Waals surface area contributed by atoms with Crippen LogP contribution in [0.4, 0.5) is 13.2 Å². The first-order valence-electron chi connectivity index (χ1n) is 38.8. The van der Waals surface area contributed by atoms with Crippen LogP contribution in [0.2, 0.25) is 30.1 Å². The van der Waals surface area contributed by atoms with Crippen molar-refractivity contribution in [2.45, 2.75) is 180 Å². The van der Waals surface area contributed by atoms with E-state index >= 15 is 0 Å². The molecule has 0 radical (unpaired) electrons. The summed E-state index contributed by atoms with van der Waals surface area (Å²) in [6.45, 7) is 6.18. The van der Waals surface area contributed by atoms with Crippen LogP contribution in [-0.4, -0.2) is 59.1 Å². The number of nitrogens with one attached hydrogen (secondary N) is 3. The van der Waals surface area contributed by atoms with Gasteiger partial charge in [-0.15, -0.1) is 0 Å². The molecule has 111 heavy (non-hydrogen) atoms. The highest BCUT2D eigenvalue weighted by molar-refractivity contribution is 6.37. The van der Waals surface area contributed by atoms with Gasteiger partial charge in [0.2, 0.25) is 0 Å². The molecule has 0 spiro atoms. The second-order valence-electron chi connectivity index (χ2n) is 29.8. The Morgan fingerprint density at radius 1 is 0.378 bits per heavy atom. The van der Waals surface area contributed by atoms with Crippen LogP contribution in [0, 0.1) is 29.3 Å². The van der Waals surface area contributed by atoms with Gasteiger partial charge in [-0.05, 0) is 284 Å². The molecule has 10 aromatic rings. The number of carbonyl (C=O) groups excluding carboxylic acids is 3. The summed E-state index contributed by atoms with van der Waals surface area (Å²) in [6, 6.07) is 45.0. The molecule has 0 unspecified atom stereocenters. The highest BCUT2D eigenvalue weighted by Gasteiger charge is 2.34. The van der Waals surface area contributed by atoms with E-state index in [4.69, 9.17) is 84.9 Å². The van der Waals surface area contributed by atoms with Gasteiger partial charge in [-0.3, -0.25) is 14.4 Å². The van der Waals surface area contributed by atoms with Crippen LogP contribution in [0.25, 0.3) is 52.0 Å². The Balaban J connectivity index is 0.000000146. The fourth-order valence-corrected chi connectivity index (χ4v) is 17.6. The Hall–Kier alpha value is -8.67. The smallest absolute Gasteiger partial charge is 0.272 e. The zero-order chi connectivity index (χ0) is 77.8. The number of fused-ring (bicyclic) bond motifs is 3. The van der Waals surface area contributed by atoms with Gasteiger partial charge in [0.25, 0.3) is 17.7 Å². The lowest BCUT2D eigenvalue weighted by Gasteiger charge is -2.28. The molecule has 7 aromatic carbocycles. The van der Waals surface area contributed by atoms with E-state index in [2.05, 4.69) is 41.9 Å². The summed E-state index contributed by atoms with van der Waals surface area (Å²) in [4.78, 5) is 40.9. The second-order valence-corrected chi connectivity index (χ2v) is 32.3. The molecule has 5 aliphatic carbocycles. The van der Waals surface area contributed by atoms with Crippen molar-refractivity contribution in [1.29, 1.82) is 0 Å². The van der Waals surface area contributed by atoms with Crippen LogP contribution < -0.4 is 16.0 Å². The van der Waals surface area contributed by atoms with E-state index in [1.165, 1.54) is 74.9 Å². The van der Waals surface area contributed by atoms with Gasteiger partial charge in [-0.1, -0.05) is 175 Å². The molecule has 2 saturated carbocycles. The number of nitrogens with zero attached hydrogens (tertiary/aromatic N) is 6. The molecular weight excluding hydrogens is 1520 g/mol. The van der Waals surface area contributed by atoms with Crippen molar-refractivity contribution in [2.24, 2.45) is 11.8 Å². The molecule has 3 atom stereocenters. The normalized spacial score (nSPS) is 17.3. The maximum Gasteiger partial charge on any atom is 0.272 e. The average molecular weight is 1620 g/mol. The Morgan fingerprint density at radius 2 is 0.676 bits per heavy atom. The summed E-state index contributed by atoms with van der Waals surface area (Å²) in [6.07, 6.45) is 28.6. The summed E-state index contributed by atoms with van der Waals surface area (Å²) in [7, 11) is 0. The summed E-state index contributed by atoms with van der Waals surface area (Å²) in [5, 5.41) is 27.2. The number of allylic oxidation sites excluding steroid dienone is 3. The Kier molecular flexibility index (Phi) is 27.0. The SMILES string of the molecule is C[C@@H](NC(=O)c1nn(-c2ccc(Cl)cc2Cl)c2c1CCCC/C2=C\c1ccc(F)cc1)C1CCCCC1.C[C@@H](NC(=O)c1nn(-c2ccc(Cl)cc2Cl)c2c1CCCC/C2=C\c1ccc(F)cc1)c1ccccc1.C[C@H](NC(=O)c1nn(-c2ccc(Cl)cc2Cl)c2c1CCCC/C2=C\c1ccc(F)cc1)C1CCCCC1. The lowest BCUT2D eigenvalue weighted by Crippen LogP contribution is -2.39. The highest BCUT2D eigenvalue weighted by atomic mass is 35.5. The molecule has 3 N–H and O–H groups in total. The van der Waals surface area contributed by atoms with Gasteiger partial charge < -0.3 is 16.0 Å². The largest absolute Gasteiger partial charge is 0.348 e. The molecule has 2 fully saturated rings. The maximum atomic E-state index is 13.7. The van der Waals surface area contributed by atoms with Gasteiger partial charge >= 0.3 is 0 Å². The first-order chi connectivity index (χ1) is 53.7. The topological polar surface area (TPSA) is 141 Å². The second kappa shape index (κ2) is 37.3. The van der Waals surface area contributed by atoms with E-state index in [1.807, 2.05) is 61.5 Å². The number of hydrogen-bond donors (Lipinski definition) is 3. The fourth-order valence-electron chi connectivity index (χ4n) is 16.1. The Morgan fingerprint density at radius 3 is 0.982 bits per heavy atom. The summed E-state index contributed by atoms with van der Waals surface area (Å²) in [5.41, 5.74) is 15.5. The summed E-state index contributed by atoms with van der Waals surface area (Å²) in [5.74, 6) is -0.341. The van der Waals surface area contributed by atoms with Crippen LogP contribution >= 0.6 is 69.6 Å². The minimum atomic E-state index is -0.284. The molecule has 5 aliphatic rings. The van der Waals surface area contributed by atoms with Crippen LogP contribution in [-0.2, 0) is 19.3 Å². The van der Waals surface area contributed by atoms with E-state index < -0.39 is 0 Å².